The van der Waals surface area contributed by atoms with Crippen molar-refractivity contribution in [1.82, 2.24) is 0 Å². The maximum atomic E-state index is 6.10. The molecule has 0 aliphatic rings. The van der Waals surface area contributed by atoms with E-state index in [0.29, 0.717) is 20.8 Å². The van der Waals surface area contributed by atoms with E-state index in [9.17, 15) is 0 Å². The Morgan fingerprint density at radius 1 is 0.812 bits per heavy atom. The number of hydrogen-bond donors (Lipinski definition) is 1. The molecular weight excluding hydrogens is 264 g/mol. The van der Waals surface area contributed by atoms with Gasteiger partial charge in [-0.3, -0.25) is 0 Å². The van der Waals surface area contributed by atoms with E-state index in [1.807, 2.05) is 12.1 Å². The molecular formula is C12H8Cl3N. The summed E-state index contributed by atoms with van der Waals surface area (Å²) in [5.74, 6) is 0. The van der Waals surface area contributed by atoms with E-state index < -0.39 is 0 Å². The molecule has 0 spiro atoms. The maximum Gasteiger partial charge on any atom is 0.0642 e. The predicted octanol–water partition coefficient (Wildman–Crippen LogP) is 4.90. The number of benzene rings is 2. The zero-order valence-electron chi connectivity index (χ0n) is 8.18. The highest BCUT2D eigenvalue weighted by Gasteiger charge is 2.07. The zero-order valence-corrected chi connectivity index (χ0v) is 10.4. The fourth-order valence-corrected chi connectivity index (χ4v) is 1.98. The summed E-state index contributed by atoms with van der Waals surface area (Å²) in [6.45, 7) is 0. The van der Waals surface area contributed by atoms with Gasteiger partial charge in [-0.1, -0.05) is 46.9 Å². The SMILES string of the molecule is Nc1cc(Cl)c(-c2ccc(Cl)cc2)cc1Cl. The van der Waals surface area contributed by atoms with E-state index in [0.717, 1.165) is 11.1 Å². The molecule has 2 aromatic carbocycles. The Bertz CT molecular complexity index is 521. The van der Waals surface area contributed by atoms with Crippen LogP contribution in [0.1, 0.15) is 0 Å². The van der Waals surface area contributed by atoms with Crippen LogP contribution in [0.3, 0.4) is 0 Å². The number of nitrogen functional groups attached to an aromatic ring is 1. The summed E-state index contributed by atoms with van der Waals surface area (Å²) in [6.07, 6.45) is 0. The lowest BCUT2D eigenvalue weighted by molar-refractivity contribution is 1.61. The molecule has 0 atom stereocenters. The van der Waals surface area contributed by atoms with Crippen LogP contribution in [0.15, 0.2) is 36.4 Å². The van der Waals surface area contributed by atoms with Crippen molar-refractivity contribution in [2.24, 2.45) is 0 Å². The Morgan fingerprint density at radius 3 is 2.06 bits per heavy atom. The Balaban J connectivity index is 2.56. The lowest BCUT2D eigenvalue weighted by atomic mass is 10.1. The lowest BCUT2D eigenvalue weighted by Crippen LogP contribution is -1.88. The zero-order chi connectivity index (χ0) is 11.7. The van der Waals surface area contributed by atoms with E-state index in [4.69, 9.17) is 40.5 Å². The largest absolute Gasteiger partial charge is 0.397 e. The Morgan fingerprint density at radius 2 is 1.44 bits per heavy atom. The first kappa shape index (κ1) is 11.6. The summed E-state index contributed by atoms with van der Waals surface area (Å²) in [6, 6.07) is 10.8. The molecule has 16 heavy (non-hydrogen) atoms. The van der Waals surface area contributed by atoms with Gasteiger partial charge in [0.05, 0.1) is 15.7 Å². The molecule has 0 heterocycles. The molecule has 0 aliphatic heterocycles. The summed E-state index contributed by atoms with van der Waals surface area (Å²) >= 11 is 17.9. The Labute approximate surface area is 109 Å². The third-order valence-electron chi connectivity index (χ3n) is 2.24. The molecule has 4 heteroatoms. The van der Waals surface area contributed by atoms with Gasteiger partial charge in [-0.25, -0.2) is 0 Å². The summed E-state index contributed by atoms with van der Waals surface area (Å²) in [7, 11) is 0. The smallest absolute Gasteiger partial charge is 0.0642 e. The van der Waals surface area contributed by atoms with Crippen molar-refractivity contribution in [2.75, 3.05) is 5.73 Å². The second kappa shape index (κ2) is 4.54. The van der Waals surface area contributed by atoms with Crippen LogP contribution in [0.4, 0.5) is 5.69 Å². The average Bonchev–Trinajstić information content (AvgIpc) is 2.25. The molecule has 2 rings (SSSR count). The Hall–Kier alpha value is -0.890. The highest BCUT2D eigenvalue weighted by molar-refractivity contribution is 6.37. The van der Waals surface area contributed by atoms with Gasteiger partial charge in [0, 0.05) is 10.6 Å². The van der Waals surface area contributed by atoms with Gasteiger partial charge in [0.1, 0.15) is 0 Å². The van der Waals surface area contributed by atoms with Gasteiger partial charge in [-0.15, -0.1) is 0 Å². The summed E-state index contributed by atoms with van der Waals surface area (Å²) < 4.78 is 0. The molecule has 0 bridgehead atoms. The average molecular weight is 273 g/mol. The van der Waals surface area contributed by atoms with Gasteiger partial charge >= 0.3 is 0 Å². The fraction of sp³-hybridized carbons (Fsp3) is 0. The second-order valence-electron chi connectivity index (χ2n) is 3.36. The minimum absolute atomic E-state index is 0.476. The number of hydrogen-bond acceptors (Lipinski definition) is 1. The first-order chi connectivity index (χ1) is 7.58. The van der Waals surface area contributed by atoms with Crippen molar-refractivity contribution < 1.29 is 0 Å². The highest BCUT2D eigenvalue weighted by atomic mass is 35.5. The second-order valence-corrected chi connectivity index (χ2v) is 4.61. The van der Waals surface area contributed by atoms with Crippen LogP contribution in [0.25, 0.3) is 11.1 Å². The Kier molecular flexibility index (Phi) is 3.29. The normalized spacial score (nSPS) is 10.4. The molecule has 2 aromatic rings. The van der Waals surface area contributed by atoms with Gasteiger partial charge < -0.3 is 5.73 Å². The van der Waals surface area contributed by atoms with Crippen molar-refractivity contribution in [1.29, 1.82) is 0 Å². The molecule has 0 saturated heterocycles. The molecule has 2 N–H and O–H groups in total. The molecule has 0 aromatic heterocycles. The van der Waals surface area contributed by atoms with Gasteiger partial charge in [-0.05, 0) is 29.8 Å². The van der Waals surface area contributed by atoms with Crippen LogP contribution in [0.2, 0.25) is 15.1 Å². The molecule has 82 valence electrons. The lowest BCUT2D eigenvalue weighted by Gasteiger charge is -2.07. The van der Waals surface area contributed by atoms with Crippen LogP contribution in [0, 0.1) is 0 Å². The van der Waals surface area contributed by atoms with Gasteiger partial charge in [0.25, 0.3) is 0 Å². The predicted molar refractivity (Wildman–Crippen MR) is 71.3 cm³/mol. The van der Waals surface area contributed by atoms with Gasteiger partial charge in [0.2, 0.25) is 0 Å². The minimum Gasteiger partial charge on any atom is -0.397 e. The summed E-state index contributed by atoms with van der Waals surface area (Å²) in [5, 5.41) is 1.75. The number of anilines is 1. The van der Waals surface area contributed by atoms with Gasteiger partial charge in [0.15, 0.2) is 0 Å². The first-order valence-corrected chi connectivity index (χ1v) is 5.72. The first-order valence-electron chi connectivity index (χ1n) is 4.58. The number of halogens is 3. The molecule has 0 saturated carbocycles. The van der Waals surface area contributed by atoms with Gasteiger partial charge in [-0.2, -0.15) is 0 Å². The molecule has 0 radical (unpaired) electrons. The van der Waals surface area contributed by atoms with Crippen LogP contribution >= 0.6 is 34.8 Å². The van der Waals surface area contributed by atoms with Crippen LogP contribution < -0.4 is 5.73 Å². The standard InChI is InChI=1S/C12H8Cl3N/c13-8-3-1-7(2-4-8)9-5-11(15)12(16)6-10(9)14/h1-6H,16H2. The quantitative estimate of drug-likeness (QED) is 0.734. The highest BCUT2D eigenvalue weighted by Crippen LogP contribution is 2.34. The third kappa shape index (κ3) is 2.27. The summed E-state index contributed by atoms with van der Waals surface area (Å²) in [5.41, 5.74) is 7.93. The fourth-order valence-electron chi connectivity index (χ4n) is 1.41. The third-order valence-corrected chi connectivity index (χ3v) is 3.13. The number of rotatable bonds is 1. The van der Waals surface area contributed by atoms with Crippen LogP contribution in [-0.2, 0) is 0 Å². The van der Waals surface area contributed by atoms with Crippen molar-refractivity contribution in [2.45, 2.75) is 0 Å². The topological polar surface area (TPSA) is 26.0 Å². The van der Waals surface area contributed by atoms with E-state index in [1.54, 1.807) is 24.3 Å². The van der Waals surface area contributed by atoms with E-state index in [1.165, 1.54) is 0 Å². The van der Waals surface area contributed by atoms with Crippen molar-refractivity contribution >= 4 is 40.5 Å². The van der Waals surface area contributed by atoms with Crippen LogP contribution in [-0.4, -0.2) is 0 Å². The molecule has 0 amide bonds. The molecule has 0 aliphatic carbocycles. The minimum atomic E-state index is 0.476. The number of nitrogens with two attached hydrogens (primary N) is 1. The van der Waals surface area contributed by atoms with E-state index in [2.05, 4.69) is 0 Å². The molecule has 1 nitrogen and oxygen atoms in total. The van der Waals surface area contributed by atoms with E-state index in [-0.39, 0.29) is 0 Å². The summed E-state index contributed by atoms with van der Waals surface area (Å²) in [4.78, 5) is 0. The van der Waals surface area contributed by atoms with Crippen molar-refractivity contribution in [3.05, 3.63) is 51.5 Å². The van der Waals surface area contributed by atoms with Crippen LogP contribution in [0.5, 0.6) is 0 Å². The molecule has 0 fully saturated rings. The monoisotopic (exact) mass is 271 g/mol. The molecule has 0 unspecified atom stereocenters. The maximum absolute atomic E-state index is 6.10. The van der Waals surface area contributed by atoms with Crippen molar-refractivity contribution in [3.8, 4) is 11.1 Å². The van der Waals surface area contributed by atoms with E-state index >= 15 is 0 Å². The van der Waals surface area contributed by atoms with Crippen molar-refractivity contribution in [3.63, 3.8) is 0 Å².